The maximum atomic E-state index is 5.79. The third kappa shape index (κ3) is 10.8. The summed E-state index contributed by atoms with van der Waals surface area (Å²) in [4.78, 5) is 0. The number of hydrogen-bond acceptors (Lipinski definition) is 2. The van der Waals surface area contributed by atoms with Crippen LogP contribution < -0.4 is 5.32 Å². The monoisotopic (exact) mass is 243 g/mol. The SMILES string of the molecule is CCCCC(CC)COCCC(C)NCCC. The minimum atomic E-state index is 0.589. The summed E-state index contributed by atoms with van der Waals surface area (Å²) < 4.78 is 5.79. The van der Waals surface area contributed by atoms with Crippen LogP contribution in [0.3, 0.4) is 0 Å². The van der Waals surface area contributed by atoms with Crippen LogP contribution in [0.5, 0.6) is 0 Å². The van der Waals surface area contributed by atoms with Crippen molar-refractivity contribution in [1.29, 1.82) is 0 Å². The highest BCUT2D eigenvalue weighted by Gasteiger charge is 2.06. The van der Waals surface area contributed by atoms with Crippen LogP contribution in [-0.4, -0.2) is 25.8 Å². The second kappa shape index (κ2) is 12.4. The lowest BCUT2D eigenvalue weighted by atomic mass is 10.0. The van der Waals surface area contributed by atoms with Crippen LogP contribution in [0.15, 0.2) is 0 Å². The van der Waals surface area contributed by atoms with Gasteiger partial charge in [0.05, 0.1) is 0 Å². The fourth-order valence-corrected chi connectivity index (χ4v) is 1.90. The molecule has 2 unspecified atom stereocenters. The normalized spacial score (nSPS) is 14.8. The molecule has 0 spiro atoms. The number of ether oxygens (including phenoxy) is 1. The topological polar surface area (TPSA) is 21.3 Å². The minimum absolute atomic E-state index is 0.589. The highest BCUT2D eigenvalue weighted by Crippen LogP contribution is 2.12. The molecule has 0 saturated heterocycles. The van der Waals surface area contributed by atoms with E-state index in [0.717, 1.165) is 32.1 Å². The summed E-state index contributed by atoms with van der Waals surface area (Å²) in [5.41, 5.74) is 0. The van der Waals surface area contributed by atoms with E-state index in [-0.39, 0.29) is 0 Å². The second-order valence-electron chi connectivity index (χ2n) is 5.14. The predicted octanol–water partition coefficient (Wildman–Crippen LogP) is 4.00. The molecule has 0 aliphatic heterocycles. The van der Waals surface area contributed by atoms with E-state index in [1.54, 1.807) is 0 Å². The third-order valence-corrected chi connectivity index (χ3v) is 3.33. The molecule has 104 valence electrons. The Balaban J connectivity index is 3.40. The van der Waals surface area contributed by atoms with E-state index in [1.807, 2.05) is 0 Å². The molecule has 2 heteroatoms. The zero-order valence-corrected chi connectivity index (χ0v) is 12.4. The Morgan fingerprint density at radius 2 is 1.82 bits per heavy atom. The summed E-state index contributed by atoms with van der Waals surface area (Å²) in [7, 11) is 0. The molecule has 0 amide bonds. The Hall–Kier alpha value is -0.0800. The van der Waals surface area contributed by atoms with Crippen molar-refractivity contribution in [3.05, 3.63) is 0 Å². The van der Waals surface area contributed by atoms with Gasteiger partial charge in [-0.3, -0.25) is 0 Å². The van der Waals surface area contributed by atoms with Crippen LogP contribution in [0.2, 0.25) is 0 Å². The van der Waals surface area contributed by atoms with E-state index in [0.29, 0.717) is 6.04 Å². The molecular weight excluding hydrogens is 210 g/mol. The Morgan fingerprint density at radius 1 is 1.06 bits per heavy atom. The summed E-state index contributed by atoms with van der Waals surface area (Å²) in [6.07, 6.45) is 7.56. The lowest BCUT2D eigenvalue weighted by Crippen LogP contribution is -2.28. The number of unbranched alkanes of at least 4 members (excludes halogenated alkanes) is 1. The molecule has 2 nitrogen and oxygen atoms in total. The van der Waals surface area contributed by atoms with Gasteiger partial charge in [-0.05, 0) is 38.6 Å². The molecule has 17 heavy (non-hydrogen) atoms. The first kappa shape index (κ1) is 16.9. The van der Waals surface area contributed by atoms with E-state index in [4.69, 9.17) is 4.74 Å². The van der Waals surface area contributed by atoms with Crippen molar-refractivity contribution in [2.45, 2.75) is 72.3 Å². The van der Waals surface area contributed by atoms with E-state index in [1.165, 1.54) is 32.1 Å². The Morgan fingerprint density at radius 3 is 2.41 bits per heavy atom. The van der Waals surface area contributed by atoms with Gasteiger partial charge in [0.2, 0.25) is 0 Å². The molecule has 0 rings (SSSR count). The summed E-state index contributed by atoms with van der Waals surface area (Å²) >= 11 is 0. The largest absolute Gasteiger partial charge is 0.381 e. The van der Waals surface area contributed by atoms with Crippen LogP contribution in [0, 0.1) is 5.92 Å². The molecule has 0 radical (unpaired) electrons. The Bertz CT molecular complexity index is 150. The highest BCUT2D eigenvalue weighted by molar-refractivity contribution is 4.60. The highest BCUT2D eigenvalue weighted by atomic mass is 16.5. The second-order valence-corrected chi connectivity index (χ2v) is 5.14. The lowest BCUT2D eigenvalue weighted by molar-refractivity contribution is 0.0877. The van der Waals surface area contributed by atoms with Gasteiger partial charge < -0.3 is 10.1 Å². The summed E-state index contributed by atoms with van der Waals surface area (Å²) in [6.45, 7) is 12.0. The average molecular weight is 243 g/mol. The van der Waals surface area contributed by atoms with Crippen molar-refractivity contribution < 1.29 is 4.74 Å². The van der Waals surface area contributed by atoms with Crippen molar-refractivity contribution in [3.63, 3.8) is 0 Å². The van der Waals surface area contributed by atoms with Gasteiger partial charge in [0.25, 0.3) is 0 Å². The van der Waals surface area contributed by atoms with Gasteiger partial charge in [0, 0.05) is 19.3 Å². The smallest absolute Gasteiger partial charge is 0.0494 e. The summed E-state index contributed by atoms with van der Waals surface area (Å²) in [5, 5.41) is 3.49. The van der Waals surface area contributed by atoms with Gasteiger partial charge in [0.1, 0.15) is 0 Å². The van der Waals surface area contributed by atoms with Gasteiger partial charge in [0.15, 0.2) is 0 Å². The molecule has 0 aliphatic carbocycles. The van der Waals surface area contributed by atoms with Crippen molar-refractivity contribution >= 4 is 0 Å². The van der Waals surface area contributed by atoms with Crippen molar-refractivity contribution in [3.8, 4) is 0 Å². The first-order valence-corrected chi connectivity index (χ1v) is 7.55. The van der Waals surface area contributed by atoms with Gasteiger partial charge in [-0.15, -0.1) is 0 Å². The van der Waals surface area contributed by atoms with Gasteiger partial charge in [-0.1, -0.05) is 40.0 Å². The van der Waals surface area contributed by atoms with Gasteiger partial charge in [-0.2, -0.15) is 0 Å². The maximum Gasteiger partial charge on any atom is 0.0494 e. The van der Waals surface area contributed by atoms with Crippen LogP contribution in [0.4, 0.5) is 0 Å². The third-order valence-electron chi connectivity index (χ3n) is 3.33. The van der Waals surface area contributed by atoms with E-state index in [2.05, 4.69) is 33.0 Å². The van der Waals surface area contributed by atoms with Crippen LogP contribution in [0.1, 0.15) is 66.2 Å². The standard InChI is InChI=1S/C15H33NO/c1-5-8-9-15(7-3)13-17-12-10-14(4)16-11-6-2/h14-16H,5-13H2,1-4H3. The quantitative estimate of drug-likeness (QED) is 0.523. The zero-order chi connectivity index (χ0) is 12.9. The lowest BCUT2D eigenvalue weighted by Gasteiger charge is -2.16. The zero-order valence-electron chi connectivity index (χ0n) is 12.4. The molecular formula is C15H33NO. The predicted molar refractivity (Wildman–Crippen MR) is 76.5 cm³/mol. The first-order chi connectivity index (χ1) is 8.24. The Kier molecular flexibility index (Phi) is 12.3. The van der Waals surface area contributed by atoms with Gasteiger partial charge in [-0.25, -0.2) is 0 Å². The van der Waals surface area contributed by atoms with Gasteiger partial charge >= 0.3 is 0 Å². The van der Waals surface area contributed by atoms with Crippen LogP contribution >= 0.6 is 0 Å². The number of rotatable bonds is 12. The minimum Gasteiger partial charge on any atom is -0.381 e. The molecule has 0 bridgehead atoms. The molecule has 0 fully saturated rings. The number of hydrogen-bond donors (Lipinski definition) is 1. The summed E-state index contributed by atoms with van der Waals surface area (Å²) in [6, 6.07) is 0.589. The molecule has 0 aromatic rings. The van der Waals surface area contributed by atoms with E-state index < -0.39 is 0 Å². The van der Waals surface area contributed by atoms with Crippen molar-refractivity contribution in [2.24, 2.45) is 5.92 Å². The molecule has 0 aliphatic rings. The molecule has 1 N–H and O–H groups in total. The fraction of sp³-hybridized carbons (Fsp3) is 1.00. The number of nitrogens with one attached hydrogen (secondary N) is 1. The molecule has 0 aromatic heterocycles. The molecule has 0 heterocycles. The van der Waals surface area contributed by atoms with E-state index in [9.17, 15) is 0 Å². The molecule has 2 atom stereocenters. The van der Waals surface area contributed by atoms with Crippen LogP contribution in [0.25, 0.3) is 0 Å². The molecule has 0 aromatic carbocycles. The van der Waals surface area contributed by atoms with Crippen LogP contribution in [-0.2, 0) is 4.74 Å². The summed E-state index contributed by atoms with van der Waals surface area (Å²) in [5.74, 6) is 0.772. The maximum absolute atomic E-state index is 5.79. The van der Waals surface area contributed by atoms with Crippen molar-refractivity contribution in [1.82, 2.24) is 5.32 Å². The fourth-order valence-electron chi connectivity index (χ4n) is 1.90. The first-order valence-electron chi connectivity index (χ1n) is 7.55. The van der Waals surface area contributed by atoms with E-state index >= 15 is 0 Å². The Labute approximate surface area is 109 Å². The average Bonchev–Trinajstić information content (AvgIpc) is 2.35. The molecule has 0 saturated carbocycles. The van der Waals surface area contributed by atoms with Crippen molar-refractivity contribution in [2.75, 3.05) is 19.8 Å².